The van der Waals surface area contributed by atoms with Crippen molar-refractivity contribution >= 4 is 0 Å². The van der Waals surface area contributed by atoms with Gasteiger partial charge in [-0.25, -0.2) is 0 Å². The molecule has 54 valence electrons. The Hall–Kier alpha value is -0.0400. The minimum absolute atomic E-state index is 0.571. The Balaban J connectivity index is 1.83. The average Bonchev–Trinajstić information content (AvgIpc) is 2.48. The van der Waals surface area contributed by atoms with E-state index in [0.29, 0.717) is 12.2 Å². The molecule has 1 rings (SSSR count). The predicted molar refractivity (Wildman–Crippen MR) is 38.5 cm³/mol. The number of hydrogen-bond donors (Lipinski definition) is 0. The van der Waals surface area contributed by atoms with Gasteiger partial charge in [-0.2, -0.15) is 0 Å². The van der Waals surface area contributed by atoms with Gasteiger partial charge in [0.1, 0.15) is 0 Å². The standard InChI is InChI=1S/C8H16O/c1-3-4-5-6-8-7(2)9-8/h7-8H,3-6H2,1-2H3/t7?,8-/m1/s1. The maximum absolute atomic E-state index is 5.26. The van der Waals surface area contributed by atoms with E-state index in [1.807, 2.05) is 0 Å². The van der Waals surface area contributed by atoms with Gasteiger partial charge in [0.2, 0.25) is 0 Å². The van der Waals surface area contributed by atoms with Crippen molar-refractivity contribution in [3.05, 3.63) is 0 Å². The Bertz CT molecular complexity index is 80.6. The molecule has 1 unspecified atom stereocenters. The lowest BCUT2D eigenvalue weighted by atomic mass is 10.1. The van der Waals surface area contributed by atoms with Crippen LogP contribution < -0.4 is 0 Å². The molecule has 0 aromatic rings. The molecule has 0 N–H and O–H groups in total. The number of rotatable bonds is 4. The largest absolute Gasteiger partial charge is 0.370 e. The van der Waals surface area contributed by atoms with Crippen molar-refractivity contribution in [2.75, 3.05) is 0 Å². The highest BCUT2D eigenvalue weighted by Gasteiger charge is 2.32. The van der Waals surface area contributed by atoms with Gasteiger partial charge in [0, 0.05) is 0 Å². The van der Waals surface area contributed by atoms with E-state index >= 15 is 0 Å². The molecule has 0 bridgehead atoms. The van der Waals surface area contributed by atoms with Gasteiger partial charge in [0.25, 0.3) is 0 Å². The molecular weight excluding hydrogens is 112 g/mol. The van der Waals surface area contributed by atoms with E-state index in [-0.39, 0.29) is 0 Å². The van der Waals surface area contributed by atoms with Crippen LogP contribution in [0.3, 0.4) is 0 Å². The van der Waals surface area contributed by atoms with Crippen LogP contribution >= 0.6 is 0 Å². The summed E-state index contributed by atoms with van der Waals surface area (Å²) in [5.74, 6) is 0. The SMILES string of the molecule is CCCCC[C@H]1OC1C. The molecular formula is C8H16O. The molecule has 0 aliphatic carbocycles. The van der Waals surface area contributed by atoms with Crippen LogP contribution in [0.4, 0.5) is 0 Å². The molecule has 0 radical (unpaired) electrons. The molecule has 1 aliphatic rings. The summed E-state index contributed by atoms with van der Waals surface area (Å²) in [5.41, 5.74) is 0. The van der Waals surface area contributed by atoms with Gasteiger partial charge in [-0.15, -0.1) is 0 Å². The van der Waals surface area contributed by atoms with Crippen molar-refractivity contribution in [2.24, 2.45) is 0 Å². The molecule has 0 aromatic heterocycles. The first kappa shape index (κ1) is 7.07. The van der Waals surface area contributed by atoms with Crippen LogP contribution in [0, 0.1) is 0 Å². The van der Waals surface area contributed by atoms with Crippen LogP contribution in [0.5, 0.6) is 0 Å². The Morgan fingerprint density at radius 2 is 2.00 bits per heavy atom. The van der Waals surface area contributed by atoms with E-state index in [9.17, 15) is 0 Å². The van der Waals surface area contributed by atoms with Gasteiger partial charge in [-0.05, 0) is 13.3 Å². The molecule has 1 heterocycles. The zero-order valence-electron chi connectivity index (χ0n) is 6.39. The molecule has 2 atom stereocenters. The van der Waals surface area contributed by atoms with Crippen LogP contribution in [-0.2, 0) is 4.74 Å². The van der Waals surface area contributed by atoms with Crippen molar-refractivity contribution in [1.29, 1.82) is 0 Å². The molecule has 0 spiro atoms. The van der Waals surface area contributed by atoms with E-state index in [2.05, 4.69) is 13.8 Å². The third-order valence-electron chi connectivity index (χ3n) is 1.93. The summed E-state index contributed by atoms with van der Waals surface area (Å²) in [6.07, 6.45) is 6.52. The fraction of sp³-hybridized carbons (Fsp3) is 1.00. The van der Waals surface area contributed by atoms with Crippen molar-refractivity contribution < 1.29 is 4.74 Å². The molecule has 1 saturated heterocycles. The first-order chi connectivity index (χ1) is 4.34. The van der Waals surface area contributed by atoms with Crippen LogP contribution in [0.25, 0.3) is 0 Å². The van der Waals surface area contributed by atoms with E-state index < -0.39 is 0 Å². The van der Waals surface area contributed by atoms with Crippen LogP contribution in [-0.4, -0.2) is 12.2 Å². The molecule has 1 fully saturated rings. The third kappa shape index (κ3) is 2.35. The van der Waals surface area contributed by atoms with E-state index in [4.69, 9.17) is 4.74 Å². The lowest BCUT2D eigenvalue weighted by Crippen LogP contribution is -1.88. The second-order valence-electron chi connectivity index (χ2n) is 2.88. The maximum atomic E-state index is 5.26. The third-order valence-corrected chi connectivity index (χ3v) is 1.93. The summed E-state index contributed by atoms with van der Waals surface area (Å²) in [7, 11) is 0. The smallest absolute Gasteiger partial charge is 0.0839 e. The summed E-state index contributed by atoms with van der Waals surface area (Å²) in [5, 5.41) is 0. The van der Waals surface area contributed by atoms with Crippen molar-refractivity contribution in [3.63, 3.8) is 0 Å². The van der Waals surface area contributed by atoms with Crippen molar-refractivity contribution in [1.82, 2.24) is 0 Å². The van der Waals surface area contributed by atoms with E-state index in [1.165, 1.54) is 25.7 Å². The molecule has 0 saturated carbocycles. The van der Waals surface area contributed by atoms with Gasteiger partial charge < -0.3 is 4.74 Å². The zero-order valence-corrected chi connectivity index (χ0v) is 6.39. The zero-order chi connectivity index (χ0) is 6.69. The molecule has 1 aliphatic heterocycles. The van der Waals surface area contributed by atoms with Gasteiger partial charge >= 0.3 is 0 Å². The first-order valence-corrected chi connectivity index (χ1v) is 4.00. The summed E-state index contributed by atoms with van der Waals surface area (Å²) >= 11 is 0. The van der Waals surface area contributed by atoms with Crippen molar-refractivity contribution in [3.8, 4) is 0 Å². The first-order valence-electron chi connectivity index (χ1n) is 4.00. The van der Waals surface area contributed by atoms with E-state index in [0.717, 1.165) is 0 Å². The summed E-state index contributed by atoms with van der Waals surface area (Å²) in [4.78, 5) is 0. The molecule has 1 heteroatoms. The number of hydrogen-bond acceptors (Lipinski definition) is 1. The average molecular weight is 128 g/mol. The maximum Gasteiger partial charge on any atom is 0.0839 e. The summed E-state index contributed by atoms with van der Waals surface area (Å²) < 4.78 is 5.26. The quantitative estimate of drug-likeness (QED) is 0.418. The van der Waals surface area contributed by atoms with Gasteiger partial charge in [0.05, 0.1) is 12.2 Å². The Labute approximate surface area is 57.4 Å². The van der Waals surface area contributed by atoms with E-state index in [1.54, 1.807) is 0 Å². The van der Waals surface area contributed by atoms with Gasteiger partial charge in [-0.3, -0.25) is 0 Å². The minimum atomic E-state index is 0.571. The predicted octanol–water partition coefficient (Wildman–Crippen LogP) is 2.35. The summed E-state index contributed by atoms with van der Waals surface area (Å²) in [6.45, 7) is 4.38. The highest BCUT2D eigenvalue weighted by Crippen LogP contribution is 2.26. The summed E-state index contributed by atoms with van der Waals surface area (Å²) in [6, 6.07) is 0. The Kier molecular flexibility index (Phi) is 2.52. The molecule has 9 heavy (non-hydrogen) atoms. The fourth-order valence-electron chi connectivity index (χ4n) is 1.13. The topological polar surface area (TPSA) is 12.5 Å². The highest BCUT2D eigenvalue weighted by atomic mass is 16.6. The lowest BCUT2D eigenvalue weighted by molar-refractivity contribution is 0.365. The number of epoxide rings is 1. The molecule has 0 amide bonds. The lowest BCUT2D eigenvalue weighted by Gasteiger charge is -1.91. The highest BCUT2D eigenvalue weighted by molar-refractivity contribution is 4.79. The fourth-order valence-corrected chi connectivity index (χ4v) is 1.13. The van der Waals surface area contributed by atoms with Crippen LogP contribution in [0.1, 0.15) is 39.5 Å². The number of unbranched alkanes of at least 4 members (excludes halogenated alkanes) is 2. The van der Waals surface area contributed by atoms with Gasteiger partial charge in [-0.1, -0.05) is 26.2 Å². The Morgan fingerprint density at radius 3 is 2.44 bits per heavy atom. The van der Waals surface area contributed by atoms with Gasteiger partial charge in [0.15, 0.2) is 0 Å². The minimum Gasteiger partial charge on any atom is -0.370 e. The van der Waals surface area contributed by atoms with Crippen LogP contribution in [0.2, 0.25) is 0 Å². The normalized spacial score (nSPS) is 32.7. The monoisotopic (exact) mass is 128 g/mol. The molecule has 0 aromatic carbocycles. The molecule has 1 nitrogen and oxygen atoms in total. The second-order valence-corrected chi connectivity index (χ2v) is 2.88. The Morgan fingerprint density at radius 1 is 1.33 bits per heavy atom. The second kappa shape index (κ2) is 3.21. The van der Waals surface area contributed by atoms with Crippen LogP contribution in [0.15, 0.2) is 0 Å². The van der Waals surface area contributed by atoms with Crippen molar-refractivity contribution in [2.45, 2.75) is 51.7 Å². The number of ether oxygens (including phenoxy) is 1.